The van der Waals surface area contributed by atoms with E-state index in [-0.39, 0.29) is 5.95 Å². The molecule has 0 spiro atoms. The normalized spacial score (nSPS) is 16.9. The fraction of sp³-hybridized carbons (Fsp3) is 0.375. The van der Waals surface area contributed by atoms with Gasteiger partial charge in [-0.2, -0.15) is 4.39 Å². The molecule has 3 heteroatoms. The Hall–Kier alpha value is -0.190. The van der Waals surface area contributed by atoms with E-state index in [1.165, 1.54) is 18.4 Å². The van der Waals surface area contributed by atoms with Crippen LogP contribution in [0.5, 0.6) is 0 Å². The third kappa shape index (κ3) is 1.52. The van der Waals surface area contributed by atoms with Crippen molar-refractivity contribution >= 4 is 22.6 Å². The van der Waals surface area contributed by atoms with Crippen LogP contribution >= 0.6 is 22.6 Å². The van der Waals surface area contributed by atoms with Gasteiger partial charge in [-0.25, -0.2) is 4.98 Å². The molecule has 0 atom stereocenters. The topological polar surface area (TPSA) is 12.9 Å². The first-order valence-electron chi connectivity index (χ1n) is 3.58. The second kappa shape index (κ2) is 2.69. The number of hydrogen-bond acceptors (Lipinski definition) is 1. The summed E-state index contributed by atoms with van der Waals surface area (Å²) in [6, 6.07) is 1.89. The van der Waals surface area contributed by atoms with Gasteiger partial charge in [-0.1, -0.05) is 0 Å². The number of hydrogen-bond donors (Lipinski definition) is 0. The SMILES string of the molecule is Fc1ncc(C2CC2)cc1I. The molecule has 2 rings (SSSR count). The Bertz CT molecular complexity index is 283. The average molecular weight is 263 g/mol. The molecule has 58 valence electrons. The highest BCUT2D eigenvalue weighted by Crippen LogP contribution is 2.40. The van der Waals surface area contributed by atoms with E-state index in [0.29, 0.717) is 9.49 Å². The molecule has 11 heavy (non-hydrogen) atoms. The minimum absolute atomic E-state index is 0.352. The largest absolute Gasteiger partial charge is 0.227 e. The van der Waals surface area contributed by atoms with Crippen LogP contribution in [-0.2, 0) is 0 Å². The molecular formula is C8H7FIN. The third-order valence-corrected chi connectivity index (χ3v) is 2.62. The Morgan fingerprint density at radius 2 is 2.27 bits per heavy atom. The van der Waals surface area contributed by atoms with Crippen molar-refractivity contribution in [3.8, 4) is 0 Å². The standard InChI is InChI=1S/C8H7FIN/c9-8-7(10)3-6(4-11-8)5-1-2-5/h3-5H,1-2H2. The molecule has 0 radical (unpaired) electrons. The second-order valence-corrected chi connectivity index (χ2v) is 3.98. The molecular weight excluding hydrogens is 256 g/mol. The Kier molecular flexibility index (Phi) is 1.83. The van der Waals surface area contributed by atoms with Crippen LogP contribution in [0.3, 0.4) is 0 Å². The molecule has 1 aliphatic carbocycles. The first kappa shape index (κ1) is 7.46. The lowest BCUT2D eigenvalue weighted by Gasteiger charge is -1.97. The zero-order valence-electron chi connectivity index (χ0n) is 5.85. The predicted molar refractivity (Wildman–Crippen MR) is 48.9 cm³/mol. The van der Waals surface area contributed by atoms with E-state index in [4.69, 9.17) is 0 Å². The van der Waals surface area contributed by atoms with Crippen LogP contribution in [-0.4, -0.2) is 4.98 Å². The number of rotatable bonds is 1. The summed E-state index contributed by atoms with van der Waals surface area (Å²) >= 11 is 1.97. The highest BCUT2D eigenvalue weighted by atomic mass is 127. The monoisotopic (exact) mass is 263 g/mol. The zero-order chi connectivity index (χ0) is 7.84. The highest BCUT2D eigenvalue weighted by molar-refractivity contribution is 14.1. The van der Waals surface area contributed by atoms with Crippen molar-refractivity contribution in [2.75, 3.05) is 0 Å². The van der Waals surface area contributed by atoms with E-state index < -0.39 is 0 Å². The van der Waals surface area contributed by atoms with Gasteiger partial charge >= 0.3 is 0 Å². The molecule has 0 saturated heterocycles. The van der Waals surface area contributed by atoms with E-state index in [9.17, 15) is 4.39 Å². The lowest BCUT2D eigenvalue weighted by atomic mass is 10.2. The number of aromatic nitrogens is 1. The summed E-state index contributed by atoms with van der Waals surface area (Å²) in [5.41, 5.74) is 1.19. The second-order valence-electron chi connectivity index (χ2n) is 2.82. The summed E-state index contributed by atoms with van der Waals surface area (Å²) in [4.78, 5) is 3.67. The van der Waals surface area contributed by atoms with Crippen molar-refractivity contribution in [3.63, 3.8) is 0 Å². The van der Waals surface area contributed by atoms with Crippen LogP contribution in [0.25, 0.3) is 0 Å². The van der Waals surface area contributed by atoms with Crippen LogP contribution < -0.4 is 0 Å². The van der Waals surface area contributed by atoms with Crippen LogP contribution in [0.1, 0.15) is 24.3 Å². The van der Waals surface area contributed by atoms with Gasteiger partial charge in [0.05, 0.1) is 3.57 Å². The lowest BCUT2D eigenvalue weighted by molar-refractivity contribution is 0.574. The Morgan fingerprint density at radius 3 is 2.82 bits per heavy atom. The average Bonchev–Trinajstić information content (AvgIpc) is 2.77. The van der Waals surface area contributed by atoms with Gasteiger partial charge in [0.15, 0.2) is 0 Å². The number of pyridine rings is 1. The van der Waals surface area contributed by atoms with Gasteiger partial charge in [0, 0.05) is 6.20 Å². The van der Waals surface area contributed by atoms with E-state index in [2.05, 4.69) is 4.98 Å². The van der Waals surface area contributed by atoms with Gasteiger partial charge in [0.1, 0.15) is 0 Å². The molecule has 0 aliphatic heterocycles. The summed E-state index contributed by atoms with van der Waals surface area (Å²) in [6.07, 6.45) is 4.13. The smallest absolute Gasteiger partial charge is 0.226 e. The van der Waals surface area contributed by atoms with E-state index >= 15 is 0 Å². The molecule has 1 heterocycles. The maximum absolute atomic E-state index is 12.7. The van der Waals surface area contributed by atoms with E-state index in [0.717, 1.165) is 0 Å². The molecule has 1 nitrogen and oxygen atoms in total. The number of nitrogens with zero attached hydrogens (tertiary/aromatic N) is 1. The third-order valence-electron chi connectivity index (χ3n) is 1.87. The summed E-state index contributed by atoms with van der Waals surface area (Å²) in [5.74, 6) is 0.312. The highest BCUT2D eigenvalue weighted by Gasteiger charge is 2.24. The van der Waals surface area contributed by atoms with Crippen LogP contribution in [0, 0.1) is 9.52 Å². The minimum Gasteiger partial charge on any atom is -0.227 e. The van der Waals surface area contributed by atoms with E-state index in [1.54, 1.807) is 6.20 Å². The zero-order valence-corrected chi connectivity index (χ0v) is 8.01. The number of halogens is 2. The first-order valence-corrected chi connectivity index (χ1v) is 4.66. The van der Waals surface area contributed by atoms with Crippen molar-refractivity contribution < 1.29 is 4.39 Å². The van der Waals surface area contributed by atoms with Gasteiger partial charge < -0.3 is 0 Å². The molecule has 1 aromatic heterocycles. The Morgan fingerprint density at radius 1 is 1.55 bits per heavy atom. The maximum atomic E-state index is 12.7. The van der Waals surface area contributed by atoms with Crippen molar-refractivity contribution in [1.82, 2.24) is 4.98 Å². The Balaban J connectivity index is 2.36. The van der Waals surface area contributed by atoms with E-state index in [1.807, 2.05) is 28.7 Å². The van der Waals surface area contributed by atoms with Gasteiger partial charge in [-0.15, -0.1) is 0 Å². The molecule has 0 bridgehead atoms. The van der Waals surface area contributed by atoms with Gasteiger partial charge in [0.2, 0.25) is 5.95 Å². The molecule has 0 amide bonds. The van der Waals surface area contributed by atoms with Crippen molar-refractivity contribution in [2.24, 2.45) is 0 Å². The predicted octanol–water partition coefficient (Wildman–Crippen LogP) is 2.70. The Labute approximate surface area is 78.2 Å². The first-order chi connectivity index (χ1) is 5.27. The van der Waals surface area contributed by atoms with Crippen LogP contribution in [0.4, 0.5) is 4.39 Å². The van der Waals surface area contributed by atoms with Crippen molar-refractivity contribution in [3.05, 3.63) is 27.3 Å². The van der Waals surface area contributed by atoms with Crippen molar-refractivity contribution in [2.45, 2.75) is 18.8 Å². The quantitative estimate of drug-likeness (QED) is 0.560. The fourth-order valence-corrected chi connectivity index (χ4v) is 1.57. The van der Waals surface area contributed by atoms with Gasteiger partial charge in [-0.05, 0) is 53.0 Å². The lowest BCUT2D eigenvalue weighted by Crippen LogP contribution is -1.90. The van der Waals surface area contributed by atoms with Gasteiger partial charge in [-0.3, -0.25) is 0 Å². The van der Waals surface area contributed by atoms with Crippen molar-refractivity contribution in [1.29, 1.82) is 0 Å². The minimum atomic E-state index is -0.352. The molecule has 1 saturated carbocycles. The maximum Gasteiger partial charge on any atom is 0.226 e. The summed E-state index contributed by atoms with van der Waals surface area (Å²) < 4.78 is 13.3. The van der Waals surface area contributed by atoms with Crippen LogP contribution in [0.15, 0.2) is 12.3 Å². The molecule has 0 aromatic carbocycles. The van der Waals surface area contributed by atoms with Gasteiger partial charge in [0.25, 0.3) is 0 Å². The molecule has 0 N–H and O–H groups in total. The summed E-state index contributed by atoms with van der Waals surface area (Å²) in [6.45, 7) is 0. The summed E-state index contributed by atoms with van der Waals surface area (Å²) in [5, 5.41) is 0. The fourth-order valence-electron chi connectivity index (χ4n) is 1.08. The molecule has 1 aromatic rings. The molecule has 1 aliphatic rings. The molecule has 1 fully saturated rings. The molecule has 0 unspecified atom stereocenters. The summed E-state index contributed by atoms with van der Waals surface area (Å²) in [7, 11) is 0. The van der Waals surface area contributed by atoms with Crippen LogP contribution in [0.2, 0.25) is 0 Å².